The Morgan fingerprint density at radius 2 is 1.10 bits per heavy atom. The molecule has 0 amide bonds. The predicted molar refractivity (Wildman–Crippen MR) is 107 cm³/mol. The number of esters is 2. The van der Waals surface area contributed by atoms with Crippen LogP contribution >= 0.6 is 0 Å². The quantitative estimate of drug-likeness (QED) is 0.313. The van der Waals surface area contributed by atoms with Gasteiger partial charge in [0.15, 0.2) is 23.0 Å². The first kappa shape index (κ1) is 22.6. The van der Waals surface area contributed by atoms with Crippen molar-refractivity contribution >= 4 is 24.5 Å². The van der Waals surface area contributed by atoms with Crippen LogP contribution in [0.25, 0.3) is 0 Å². The van der Waals surface area contributed by atoms with E-state index < -0.39 is 11.9 Å². The molecule has 2 aromatic rings. The summed E-state index contributed by atoms with van der Waals surface area (Å²) in [5.74, 6) is -0.488. The number of rotatable bonds is 11. The van der Waals surface area contributed by atoms with Crippen LogP contribution in [0.3, 0.4) is 0 Å². The second-order valence-corrected chi connectivity index (χ2v) is 5.96. The van der Waals surface area contributed by atoms with E-state index >= 15 is 0 Å². The zero-order chi connectivity index (χ0) is 21.9. The molecule has 0 heterocycles. The van der Waals surface area contributed by atoms with Crippen molar-refractivity contribution in [1.82, 2.24) is 0 Å². The van der Waals surface area contributed by atoms with Crippen LogP contribution in [-0.4, -0.2) is 37.7 Å². The van der Waals surface area contributed by atoms with Crippen LogP contribution in [0.1, 0.15) is 47.4 Å². The number of benzene rings is 2. The molecule has 0 aliphatic heterocycles. The van der Waals surface area contributed by atoms with Crippen molar-refractivity contribution in [2.75, 3.05) is 13.2 Å². The summed E-state index contributed by atoms with van der Waals surface area (Å²) in [7, 11) is 0. The van der Waals surface area contributed by atoms with Crippen molar-refractivity contribution in [3.63, 3.8) is 0 Å². The summed E-state index contributed by atoms with van der Waals surface area (Å²) in [6.45, 7) is 4.16. The zero-order valence-corrected chi connectivity index (χ0v) is 16.7. The minimum atomic E-state index is -0.659. The fourth-order valence-electron chi connectivity index (χ4n) is 2.45. The summed E-state index contributed by atoms with van der Waals surface area (Å²) in [5.41, 5.74) is 0.764. The van der Waals surface area contributed by atoms with Crippen molar-refractivity contribution in [2.24, 2.45) is 0 Å². The Morgan fingerprint density at radius 3 is 1.43 bits per heavy atom. The second kappa shape index (κ2) is 11.4. The average molecular weight is 414 g/mol. The number of aldehydes is 2. The maximum atomic E-state index is 12.1. The first-order valence-corrected chi connectivity index (χ1v) is 9.36. The highest BCUT2D eigenvalue weighted by Gasteiger charge is 2.16. The SMILES string of the molecule is CCOc1cc(C=O)ccc1OC(=O)CCC(=O)Oc1ccc(C=O)cc1OCC. The Labute approximate surface area is 173 Å². The molecular weight excluding hydrogens is 392 g/mol. The molecule has 0 aliphatic carbocycles. The van der Waals surface area contributed by atoms with Crippen LogP contribution in [0.15, 0.2) is 36.4 Å². The van der Waals surface area contributed by atoms with Gasteiger partial charge < -0.3 is 18.9 Å². The van der Waals surface area contributed by atoms with E-state index in [-0.39, 0.29) is 35.8 Å². The van der Waals surface area contributed by atoms with Crippen molar-refractivity contribution in [2.45, 2.75) is 26.7 Å². The first-order valence-electron chi connectivity index (χ1n) is 9.36. The van der Waals surface area contributed by atoms with Gasteiger partial charge in [0.2, 0.25) is 0 Å². The van der Waals surface area contributed by atoms with Gasteiger partial charge in [-0.05, 0) is 50.2 Å². The van der Waals surface area contributed by atoms with Gasteiger partial charge in [-0.15, -0.1) is 0 Å². The van der Waals surface area contributed by atoms with E-state index in [1.54, 1.807) is 13.8 Å². The third-order valence-corrected chi connectivity index (χ3v) is 3.79. The molecule has 8 nitrogen and oxygen atoms in total. The summed E-state index contributed by atoms with van der Waals surface area (Å²) in [6.07, 6.45) is 0.858. The summed E-state index contributed by atoms with van der Waals surface area (Å²) in [5, 5.41) is 0. The maximum Gasteiger partial charge on any atom is 0.311 e. The van der Waals surface area contributed by atoms with Gasteiger partial charge in [-0.1, -0.05) is 0 Å². The van der Waals surface area contributed by atoms with Crippen LogP contribution in [-0.2, 0) is 9.59 Å². The molecule has 0 aliphatic rings. The molecule has 8 heteroatoms. The fraction of sp³-hybridized carbons (Fsp3) is 0.273. The minimum absolute atomic E-state index is 0.156. The molecule has 0 saturated heterocycles. The third-order valence-electron chi connectivity index (χ3n) is 3.79. The molecule has 0 N–H and O–H groups in total. The van der Waals surface area contributed by atoms with E-state index in [0.717, 1.165) is 0 Å². The molecule has 0 spiro atoms. The summed E-state index contributed by atoms with van der Waals surface area (Å²) >= 11 is 0. The topological polar surface area (TPSA) is 105 Å². The van der Waals surface area contributed by atoms with Gasteiger partial charge in [0, 0.05) is 11.1 Å². The number of ether oxygens (including phenoxy) is 4. The Kier molecular flexibility index (Phi) is 8.56. The van der Waals surface area contributed by atoms with E-state index in [1.165, 1.54) is 36.4 Å². The lowest BCUT2D eigenvalue weighted by Gasteiger charge is -2.12. The van der Waals surface area contributed by atoms with Gasteiger partial charge in [-0.25, -0.2) is 0 Å². The normalized spacial score (nSPS) is 10.1. The average Bonchev–Trinajstić information content (AvgIpc) is 2.75. The molecule has 0 radical (unpaired) electrons. The zero-order valence-electron chi connectivity index (χ0n) is 16.7. The molecular formula is C22H22O8. The highest BCUT2D eigenvalue weighted by Crippen LogP contribution is 2.30. The highest BCUT2D eigenvalue weighted by molar-refractivity contribution is 5.82. The molecule has 158 valence electrons. The lowest BCUT2D eigenvalue weighted by molar-refractivity contribution is -0.140. The molecule has 0 bridgehead atoms. The summed E-state index contributed by atoms with van der Waals surface area (Å²) < 4.78 is 21.2. The van der Waals surface area contributed by atoms with Gasteiger partial charge in [0.05, 0.1) is 26.1 Å². The van der Waals surface area contributed by atoms with Crippen molar-refractivity contribution in [3.8, 4) is 23.0 Å². The summed E-state index contributed by atoms with van der Waals surface area (Å²) in [6, 6.07) is 8.81. The molecule has 0 aromatic heterocycles. The molecule has 2 rings (SSSR count). The van der Waals surface area contributed by atoms with E-state index in [2.05, 4.69) is 0 Å². The van der Waals surface area contributed by atoms with Crippen LogP contribution in [0.5, 0.6) is 23.0 Å². The molecule has 30 heavy (non-hydrogen) atoms. The Bertz CT molecular complexity index is 844. The molecule has 2 aromatic carbocycles. The Balaban J connectivity index is 1.96. The van der Waals surface area contributed by atoms with Crippen molar-refractivity contribution in [1.29, 1.82) is 0 Å². The summed E-state index contributed by atoms with van der Waals surface area (Å²) in [4.78, 5) is 46.0. The largest absolute Gasteiger partial charge is 0.490 e. The van der Waals surface area contributed by atoms with E-state index in [9.17, 15) is 19.2 Å². The van der Waals surface area contributed by atoms with E-state index in [0.29, 0.717) is 36.9 Å². The molecule has 0 fully saturated rings. The van der Waals surface area contributed by atoms with Crippen LogP contribution in [0.2, 0.25) is 0 Å². The lowest BCUT2D eigenvalue weighted by Crippen LogP contribution is -2.15. The Morgan fingerprint density at radius 1 is 0.700 bits per heavy atom. The van der Waals surface area contributed by atoms with Crippen LogP contribution in [0.4, 0.5) is 0 Å². The maximum absolute atomic E-state index is 12.1. The molecule has 0 saturated carbocycles. The van der Waals surface area contributed by atoms with E-state index in [4.69, 9.17) is 18.9 Å². The predicted octanol–water partition coefficient (Wildman–Crippen LogP) is 3.40. The monoisotopic (exact) mass is 414 g/mol. The lowest BCUT2D eigenvalue weighted by atomic mass is 10.2. The first-order chi connectivity index (χ1) is 14.5. The van der Waals surface area contributed by atoms with Crippen LogP contribution < -0.4 is 18.9 Å². The minimum Gasteiger partial charge on any atom is -0.490 e. The smallest absolute Gasteiger partial charge is 0.311 e. The van der Waals surface area contributed by atoms with Gasteiger partial charge in [0.1, 0.15) is 12.6 Å². The van der Waals surface area contributed by atoms with Gasteiger partial charge in [-0.2, -0.15) is 0 Å². The number of hydrogen-bond acceptors (Lipinski definition) is 8. The number of carbonyl (C=O) groups excluding carboxylic acids is 4. The van der Waals surface area contributed by atoms with Gasteiger partial charge >= 0.3 is 11.9 Å². The van der Waals surface area contributed by atoms with Gasteiger partial charge in [0.25, 0.3) is 0 Å². The number of hydrogen-bond donors (Lipinski definition) is 0. The van der Waals surface area contributed by atoms with Crippen molar-refractivity contribution < 1.29 is 38.1 Å². The van der Waals surface area contributed by atoms with Crippen molar-refractivity contribution in [3.05, 3.63) is 47.5 Å². The van der Waals surface area contributed by atoms with Crippen LogP contribution in [0, 0.1) is 0 Å². The van der Waals surface area contributed by atoms with E-state index in [1.807, 2.05) is 0 Å². The second-order valence-electron chi connectivity index (χ2n) is 5.96. The molecule has 0 unspecified atom stereocenters. The highest BCUT2D eigenvalue weighted by atomic mass is 16.6. The molecule has 0 atom stereocenters. The third kappa shape index (κ3) is 6.44. The Hall–Kier alpha value is -3.68. The number of carbonyl (C=O) groups is 4. The fourth-order valence-corrected chi connectivity index (χ4v) is 2.45. The standard InChI is InChI=1S/C22H22O8/c1-3-27-19-11-15(13-23)5-7-17(19)29-21(25)9-10-22(26)30-18-8-6-16(14-24)12-20(18)28-4-2/h5-8,11-14H,3-4,9-10H2,1-2H3. The van der Waals surface area contributed by atoms with Gasteiger partial charge in [-0.3, -0.25) is 19.2 Å².